The second-order valence-corrected chi connectivity index (χ2v) is 5.21. The van der Waals surface area contributed by atoms with Crippen LogP contribution in [0.2, 0.25) is 10.0 Å². The fourth-order valence-corrected chi connectivity index (χ4v) is 2.38. The molecule has 5 heteroatoms. The highest BCUT2D eigenvalue weighted by atomic mass is 35.5. The molecule has 3 nitrogen and oxygen atoms in total. The Kier molecular flexibility index (Phi) is 9.23. The molecule has 0 aliphatic rings. The molecule has 0 spiro atoms. The van der Waals surface area contributed by atoms with Crippen molar-refractivity contribution in [2.45, 2.75) is 33.0 Å². The number of hydrogen-bond acceptors (Lipinski definition) is 3. The predicted octanol–water partition coefficient (Wildman–Crippen LogP) is 3.91. The summed E-state index contributed by atoms with van der Waals surface area (Å²) in [6.45, 7) is 7.02. The molecule has 0 radical (unpaired) electrons. The van der Waals surface area contributed by atoms with E-state index in [1.807, 2.05) is 26.0 Å². The average molecular weight is 320 g/mol. The van der Waals surface area contributed by atoms with E-state index in [0.717, 1.165) is 36.5 Å². The van der Waals surface area contributed by atoms with Crippen molar-refractivity contribution >= 4 is 23.2 Å². The summed E-state index contributed by atoms with van der Waals surface area (Å²) < 4.78 is 11.0. The van der Waals surface area contributed by atoms with Gasteiger partial charge in [0.2, 0.25) is 0 Å². The SMILES string of the molecule is CCOC(CCNCCc1ccc(Cl)cc1Cl)OCC. The lowest BCUT2D eigenvalue weighted by Gasteiger charge is -2.17. The summed E-state index contributed by atoms with van der Waals surface area (Å²) in [5.74, 6) is 0. The van der Waals surface area contributed by atoms with Crippen LogP contribution in [0.15, 0.2) is 18.2 Å². The number of halogens is 2. The molecule has 0 saturated carbocycles. The summed E-state index contributed by atoms with van der Waals surface area (Å²) in [5.41, 5.74) is 1.11. The van der Waals surface area contributed by atoms with Crippen molar-refractivity contribution < 1.29 is 9.47 Å². The maximum atomic E-state index is 6.12. The topological polar surface area (TPSA) is 30.5 Å². The van der Waals surface area contributed by atoms with Crippen LogP contribution in [0.1, 0.15) is 25.8 Å². The van der Waals surface area contributed by atoms with Crippen LogP contribution in [0.5, 0.6) is 0 Å². The molecule has 1 aromatic carbocycles. The summed E-state index contributed by atoms with van der Waals surface area (Å²) in [4.78, 5) is 0. The van der Waals surface area contributed by atoms with Crippen molar-refractivity contribution in [3.8, 4) is 0 Å². The van der Waals surface area contributed by atoms with E-state index < -0.39 is 0 Å². The minimum atomic E-state index is -0.114. The third-order valence-corrected chi connectivity index (χ3v) is 3.44. The summed E-state index contributed by atoms with van der Waals surface area (Å²) in [6, 6.07) is 5.61. The molecule has 20 heavy (non-hydrogen) atoms. The Bertz CT molecular complexity index is 382. The van der Waals surface area contributed by atoms with E-state index in [2.05, 4.69) is 5.32 Å². The number of nitrogens with one attached hydrogen (secondary N) is 1. The summed E-state index contributed by atoms with van der Waals surface area (Å²) >= 11 is 12.0. The molecule has 0 heterocycles. The van der Waals surface area contributed by atoms with Crippen molar-refractivity contribution in [2.75, 3.05) is 26.3 Å². The Labute approximate surface area is 131 Å². The zero-order valence-corrected chi connectivity index (χ0v) is 13.6. The van der Waals surface area contributed by atoms with Crippen LogP contribution in [0.25, 0.3) is 0 Å². The smallest absolute Gasteiger partial charge is 0.158 e. The van der Waals surface area contributed by atoms with E-state index in [-0.39, 0.29) is 6.29 Å². The van der Waals surface area contributed by atoms with Gasteiger partial charge < -0.3 is 14.8 Å². The van der Waals surface area contributed by atoms with Crippen LogP contribution in [-0.2, 0) is 15.9 Å². The number of hydrogen-bond donors (Lipinski definition) is 1. The summed E-state index contributed by atoms with van der Waals surface area (Å²) in [6.07, 6.45) is 1.61. The molecule has 0 atom stereocenters. The molecule has 0 aliphatic carbocycles. The lowest BCUT2D eigenvalue weighted by molar-refractivity contribution is -0.138. The zero-order chi connectivity index (χ0) is 14.8. The molecule has 1 aromatic rings. The van der Waals surface area contributed by atoms with Gasteiger partial charge in [-0.1, -0.05) is 29.3 Å². The van der Waals surface area contributed by atoms with Gasteiger partial charge >= 0.3 is 0 Å². The molecule has 0 fully saturated rings. The number of benzene rings is 1. The first kappa shape index (κ1) is 17.7. The normalized spacial score (nSPS) is 11.2. The standard InChI is InChI=1S/C15H23Cl2NO2/c1-3-19-15(20-4-2)8-10-18-9-7-12-5-6-13(16)11-14(12)17/h5-6,11,15,18H,3-4,7-10H2,1-2H3. The largest absolute Gasteiger partial charge is 0.353 e. The van der Waals surface area contributed by atoms with Crippen LogP contribution in [-0.4, -0.2) is 32.6 Å². The Balaban J connectivity index is 2.20. The average Bonchev–Trinajstić information content (AvgIpc) is 2.41. The van der Waals surface area contributed by atoms with Gasteiger partial charge in [-0.3, -0.25) is 0 Å². The maximum absolute atomic E-state index is 6.12. The molecule has 114 valence electrons. The molecule has 0 aliphatic heterocycles. The van der Waals surface area contributed by atoms with Crippen molar-refractivity contribution in [3.05, 3.63) is 33.8 Å². The molecule has 0 unspecified atom stereocenters. The van der Waals surface area contributed by atoms with Crippen molar-refractivity contribution in [3.63, 3.8) is 0 Å². The molecular weight excluding hydrogens is 297 g/mol. The van der Waals surface area contributed by atoms with Gasteiger partial charge in [0.25, 0.3) is 0 Å². The number of ether oxygens (including phenoxy) is 2. The Hall–Kier alpha value is -0.320. The first-order valence-corrected chi connectivity index (χ1v) is 7.80. The van der Waals surface area contributed by atoms with E-state index in [9.17, 15) is 0 Å². The van der Waals surface area contributed by atoms with Gasteiger partial charge in [0.1, 0.15) is 0 Å². The van der Waals surface area contributed by atoms with E-state index in [1.165, 1.54) is 0 Å². The Morgan fingerprint density at radius 1 is 1.10 bits per heavy atom. The molecule has 0 saturated heterocycles. The van der Waals surface area contributed by atoms with E-state index >= 15 is 0 Å². The van der Waals surface area contributed by atoms with Crippen molar-refractivity contribution in [2.24, 2.45) is 0 Å². The monoisotopic (exact) mass is 319 g/mol. The van der Waals surface area contributed by atoms with Gasteiger partial charge in [-0.2, -0.15) is 0 Å². The molecule has 1 rings (SSSR count). The lowest BCUT2D eigenvalue weighted by atomic mass is 10.1. The predicted molar refractivity (Wildman–Crippen MR) is 84.7 cm³/mol. The maximum Gasteiger partial charge on any atom is 0.158 e. The van der Waals surface area contributed by atoms with Gasteiger partial charge in [-0.25, -0.2) is 0 Å². The molecule has 0 amide bonds. The van der Waals surface area contributed by atoms with Gasteiger partial charge in [-0.15, -0.1) is 0 Å². The zero-order valence-electron chi connectivity index (χ0n) is 12.1. The van der Waals surface area contributed by atoms with E-state index in [4.69, 9.17) is 32.7 Å². The fraction of sp³-hybridized carbons (Fsp3) is 0.600. The van der Waals surface area contributed by atoms with Crippen molar-refractivity contribution in [1.29, 1.82) is 0 Å². The highest BCUT2D eigenvalue weighted by Crippen LogP contribution is 2.20. The summed E-state index contributed by atoms with van der Waals surface area (Å²) in [5, 5.41) is 4.76. The van der Waals surface area contributed by atoms with Gasteiger partial charge in [0.15, 0.2) is 6.29 Å². The molecule has 0 bridgehead atoms. The molecule has 1 N–H and O–H groups in total. The number of rotatable bonds is 10. The molecular formula is C15H23Cl2NO2. The fourth-order valence-electron chi connectivity index (χ4n) is 1.88. The third-order valence-electron chi connectivity index (χ3n) is 2.85. The highest BCUT2D eigenvalue weighted by Gasteiger charge is 2.07. The minimum absolute atomic E-state index is 0.114. The van der Waals surface area contributed by atoms with E-state index in [0.29, 0.717) is 18.2 Å². The van der Waals surface area contributed by atoms with Crippen LogP contribution in [0, 0.1) is 0 Å². The van der Waals surface area contributed by atoms with Crippen LogP contribution >= 0.6 is 23.2 Å². The van der Waals surface area contributed by atoms with Crippen LogP contribution in [0.3, 0.4) is 0 Å². The first-order chi connectivity index (χ1) is 9.67. The first-order valence-electron chi connectivity index (χ1n) is 7.05. The van der Waals surface area contributed by atoms with Crippen LogP contribution in [0.4, 0.5) is 0 Å². The van der Waals surface area contributed by atoms with E-state index in [1.54, 1.807) is 6.07 Å². The minimum Gasteiger partial charge on any atom is -0.353 e. The highest BCUT2D eigenvalue weighted by molar-refractivity contribution is 6.35. The second-order valence-electron chi connectivity index (χ2n) is 4.36. The summed E-state index contributed by atoms with van der Waals surface area (Å²) in [7, 11) is 0. The Morgan fingerprint density at radius 2 is 1.80 bits per heavy atom. The van der Waals surface area contributed by atoms with Gasteiger partial charge in [-0.05, 0) is 51.1 Å². The van der Waals surface area contributed by atoms with Crippen LogP contribution < -0.4 is 5.32 Å². The quantitative estimate of drug-likeness (QED) is 0.524. The Morgan fingerprint density at radius 3 is 2.40 bits per heavy atom. The van der Waals surface area contributed by atoms with Gasteiger partial charge in [0.05, 0.1) is 0 Å². The second kappa shape index (κ2) is 10.4. The lowest BCUT2D eigenvalue weighted by Crippen LogP contribution is -2.26. The van der Waals surface area contributed by atoms with Gasteiger partial charge in [0, 0.05) is 29.7 Å². The van der Waals surface area contributed by atoms with Crippen molar-refractivity contribution in [1.82, 2.24) is 5.32 Å². The molecule has 0 aromatic heterocycles. The third kappa shape index (κ3) is 6.91.